The van der Waals surface area contributed by atoms with E-state index in [1.807, 2.05) is 58.0 Å². The number of rotatable bonds is 1. The Morgan fingerprint density at radius 2 is 1.50 bits per heavy atom. The zero-order valence-corrected chi connectivity index (χ0v) is 13.2. The number of anilines is 1. The predicted octanol–water partition coefficient (Wildman–Crippen LogP) is 2.53. The highest BCUT2D eigenvalue weighted by molar-refractivity contribution is 6.23. The van der Waals surface area contributed by atoms with Gasteiger partial charge in [-0.25, -0.2) is 4.90 Å². The van der Waals surface area contributed by atoms with Crippen molar-refractivity contribution in [2.45, 2.75) is 38.9 Å². The molecule has 0 spiro atoms. The fourth-order valence-corrected chi connectivity index (χ4v) is 4.15. The van der Waals surface area contributed by atoms with Crippen LogP contribution in [-0.2, 0) is 14.3 Å². The minimum Gasteiger partial charge on any atom is -0.359 e. The third kappa shape index (κ3) is 1.46. The Kier molecular flexibility index (Phi) is 2.41. The highest BCUT2D eigenvalue weighted by Crippen LogP contribution is 2.57. The summed E-state index contributed by atoms with van der Waals surface area (Å²) < 4.78 is 6.00. The van der Waals surface area contributed by atoms with E-state index in [9.17, 15) is 9.59 Å². The summed E-state index contributed by atoms with van der Waals surface area (Å²) in [6, 6.07) is 5.71. The molecular formula is C18H19NO3. The summed E-state index contributed by atoms with van der Waals surface area (Å²) in [5.41, 5.74) is 1.55. The molecule has 2 saturated heterocycles. The number of ether oxygens (including phenoxy) is 1. The molecule has 1 aromatic rings. The molecule has 3 heterocycles. The fraction of sp³-hybridized carbons (Fsp3) is 0.444. The van der Waals surface area contributed by atoms with E-state index in [-0.39, 0.29) is 11.8 Å². The molecule has 114 valence electrons. The van der Waals surface area contributed by atoms with Gasteiger partial charge in [0.2, 0.25) is 11.8 Å². The highest BCUT2D eigenvalue weighted by Gasteiger charge is 2.70. The Morgan fingerprint density at radius 3 is 2.00 bits per heavy atom. The summed E-state index contributed by atoms with van der Waals surface area (Å²) in [4.78, 5) is 27.2. The van der Waals surface area contributed by atoms with E-state index in [1.54, 1.807) is 0 Å². The maximum absolute atomic E-state index is 12.9. The van der Waals surface area contributed by atoms with Crippen molar-refractivity contribution in [1.82, 2.24) is 0 Å². The van der Waals surface area contributed by atoms with Gasteiger partial charge in [-0.2, -0.15) is 0 Å². The van der Waals surface area contributed by atoms with Crippen LogP contribution in [0.1, 0.15) is 25.0 Å². The van der Waals surface area contributed by atoms with Crippen molar-refractivity contribution in [3.63, 3.8) is 0 Å². The van der Waals surface area contributed by atoms with Crippen LogP contribution in [0.4, 0.5) is 5.69 Å². The normalized spacial score (nSPS) is 39.0. The first-order valence-electron chi connectivity index (χ1n) is 7.62. The number of imide groups is 1. The second-order valence-electron chi connectivity index (χ2n) is 7.04. The van der Waals surface area contributed by atoms with Crippen molar-refractivity contribution in [1.29, 1.82) is 0 Å². The minimum atomic E-state index is -0.666. The van der Waals surface area contributed by atoms with Crippen molar-refractivity contribution in [3.05, 3.63) is 41.5 Å². The van der Waals surface area contributed by atoms with Crippen LogP contribution in [0.2, 0.25) is 0 Å². The molecule has 1 aromatic carbocycles. The van der Waals surface area contributed by atoms with Crippen LogP contribution in [0.5, 0.6) is 0 Å². The van der Waals surface area contributed by atoms with Gasteiger partial charge in [-0.05, 0) is 51.0 Å². The van der Waals surface area contributed by atoms with Crippen LogP contribution in [0.25, 0.3) is 0 Å². The number of nitrogens with zero attached hydrogens (tertiary/aromatic N) is 1. The standard InChI is InChI=1S/C18H19NO3/c1-10-5-6-12(9-11(10)2)19-15(20)13-14(16(19)21)18(4)8-7-17(13,3)22-18/h5-9,13-14H,1-4H3. The molecule has 2 fully saturated rings. The Balaban J connectivity index is 1.81. The molecule has 0 N–H and O–H groups in total. The van der Waals surface area contributed by atoms with Crippen molar-refractivity contribution in [3.8, 4) is 0 Å². The summed E-state index contributed by atoms with van der Waals surface area (Å²) in [6.45, 7) is 7.80. The molecule has 4 rings (SSSR count). The number of benzene rings is 1. The largest absolute Gasteiger partial charge is 0.359 e. The second-order valence-corrected chi connectivity index (χ2v) is 7.04. The molecule has 0 saturated carbocycles. The first-order chi connectivity index (χ1) is 10.3. The van der Waals surface area contributed by atoms with E-state index in [0.717, 1.165) is 11.1 Å². The second kappa shape index (κ2) is 3.87. The van der Waals surface area contributed by atoms with Gasteiger partial charge in [-0.3, -0.25) is 9.59 Å². The summed E-state index contributed by atoms with van der Waals surface area (Å²) in [7, 11) is 0. The number of carbonyl (C=O) groups is 2. The lowest BCUT2D eigenvalue weighted by Gasteiger charge is -2.25. The van der Waals surface area contributed by atoms with Crippen molar-refractivity contribution in [2.24, 2.45) is 11.8 Å². The smallest absolute Gasteiger partial charge is 0.241 e. The molecule has 0 aromatic heterocycles. The van der Waals surface area contributed by atoms with Crippen LogP contribution in [0.3, 0.4) is 0 Å². The van der Waals surface area contributed by atoms with Gasteiger partial charge in [-0.15, -0.1) is 0 Å². The van der Waals surface area contributed by atoms with Gasteiger partial charge in [0.05, 0.1) is 28.7 Å². The lowest BCUT2D eigenvalue weighted by Crippen LogP contribution is -2.39. The van der Waals surface area contributed by atoms with Crippen molar-refractivity contribution >= 4 is 17.5 Å². The number of fused-ring (bicyclic) bond motifs is 5. The zero-order valence-electron chi connectivity index (χ0n) is 13.2. The molecule has 0 aliphatic carbocycles. The molecule has 4 nitrogen and oxygen atoms in total. The lowest BCUT2D eigenvalue weighted by atomic mass is 9.73. The van der Waals surface area contributed by atoms with E-state index in [0.29, 0.717) is 5.69 Å². The van der Waals surface area contributed by atoms with Crippen LogP contribution >= 0.6 is 0 Å². The topological polar surface area (TPSA) is 46.6 Å². The molecular weight excluding hydrogens is 278 g/mol. The molecule has 2 amide bonds. The number of aryl methyl sites for hydroxylation is 2. The third-order valence-corrected chi connectivity index (χ3v) is 5.47. The van der Waals surface area contributed by atoms with E-state index < -0.39 is 23.0 Å². The van der Waals surface area contributed by atoms with Gasteiger partial charge < -0.3 is 4.74 Å². The Bertz CT molecular complexity index is 717. The summed E-state index contributed by atoms with van der Waals surface area (Å²) in [5, 5.41) is 0. The summed E-state index contributed by atoms with van der Waals surface area (Å²) in [6.07, 6.45) is 3.87. The SMILES string of the molecule is Cc1ccc(N2C(=O)C3C(C2=O)C2(C)C=CC3(C)O2)cc1C. The Hall–Kier alpha value is -1.94. The zero-order chi connectivity index (χ0) is 15.9. The van der Waals surface area contributed by atoms with E-state index >= 15 is 0 Å². The first-order valence-corrected chi connectivity index (χ1v) is 7.62. The number of amides is 2. The highest BCUT2D eigenvalue weighted by atomic mass is 16.5. The minimum absolute atomic E-state index is 0.145. The molecule has 4 heteroatoms. The van der Waals surface area contributed by atoms with Gasteiger partial charge in [-0.1, -0.05) is 18.2 Å². The monoisotopic (exact) mass is 297 g/mol. The predicted molar refractivity (Wildman–Crippen MR) is 82.4 cm³/mol. The van der Waals surface area contributed by atoms with E-state index in [4.69, 9.17) is 4.74 Å². The van der Waals surface area contributed by atoms with Crippen molar-refractivity contribution in [2.75, 3.05) is 4.90 Å². The number of carbonyl (C=O) groups excluding carboxylic acids is 2. The van der Waals surface area contributed by atoms with Gasteiger partial charge >= 0.3 is 0 Å². The molecule has 4 unspecified atom stereocenters. The molecule has 4 atom stereocenters. The molecule has 2 bridgehead atoms. The average Bonchev–Trinajstić information content (AvgIpc) is 2.99. The first kappa shape index (κ1) is 13.7. The van der Waals surface area contributed by atoms with Gasteiger partial charge in [0.15, 0.2) is 0 Å². The maximum Gasteiger partial charge on any atom is 0.241 e. The quantitative estimate of drug-likeness (QED) is 0.591. The third-order valence-electron chi connectivity index (χ3n) is 5.47. The Morgan fingerprint density at radius 1 is 0.955 bits per heavy atom. The van der Waals surface area contributed by atoms with Gasteiger partial charge in [0, 0.05) is 0 Å². The summed E-state index contributed by atoms with van der Waals surface area (Å²) >= 11 is 0. The lowest BCUT2D eigenvalue weighted by molar-refractivity contribution is -0.128. The van der Waals surface area contributed by atoms with Crippen molar-refractivity contribution < 1.29 is 14.3 Å². The average molecular weight is 297 g/mol. The number of hydrogen-bond acceptors (Lipinski definition) is 3. The van der Waals surface area contributed by atoms with Gasteiger partial charge in [0.1, 0.15) is 0 Å². The van der Waals surface area contributed by atoms with Crippen LogP contribution in [0.15, 0.2) is 30.4 Å². The van der Waals surface area contributed by atoms with Crippen LogP contribution < -0.4 is 4.90 Å². The molecule has 3 aliphatic rings. The Labute approximate surface area is 129 Å². The van der Waals surface area contributed by atoms with Crippen LogP contribution in [-0.4, -0.2) is 23.0 Å². The molecule has 22 heavy (non-hydrogen) atoms. The fourth-order valence-electron chi connectivity index (χ4n) is 4.15. The molecule has 0 radical (unpaired) electrons. The van der Waals surface area contributed by atoms with Crippen LogP contribution in [0, 0.1) is 25.7 Å². The van der Waals surface area contributed by atoms with Gasteiger partial charge in [0.25, 0.3) is 0 Å². The number of hydrogen-bond donors (Lipinski definition) is 0. The maximum atomic E-state index is 12.9. The molecule has 3 aliphatic heterocycles. The van der Waals surface area contributed by atoms with E-state index in [2.05, 4.69) is 0 Å². The summed E-state index contributed by atoms with van der Waals surface area (Å²) in [5.74, 6) is -1.13. The van der Waals surface area contributed by atoms with E-state index in [1.165, 1.54) is 4.90 Å².